The third-order valence-electron chi connectivity index (χ3n) is 8.28. The Morgan fingerprint density at radius 3 is 2.36 bits per heavy atom. The molecule has 1 amide bonds. The summed E-state index contributed by atoms with van der Waals surface area (Å²) in [6.07, 6.45) is 3.17. The molecule has 1 N–H and O–H groups in total. The van der Waals surface area contributed by atoms with Crippen molar-refractivity contribution in [1.29, 1.82) is 0 Å². The van der Waals surface area contributed by atoms with Crippen molar-refractivity contribution in [2.75, 3.05) is 39.5 Å². The number of benzene rings is 2. The van der Waals surface area contributed by atoms with Crippen molar-refractivity contribution in [1.82, 2.24) is 19.8 Å². The molecule has 3 aromatic rings. The Hall–Kier alpha value is -3.23. The van der Waals surface area contributed by atoms with Gasteiger partial charge in [-0.25, -0.2) is 4.98 Å². The molecule has 228 valence electrons. The summed E-state index contributed by atoms with van der Waals surface area (Å²) in [7, 11) is 0. The Morgan fingerprint density at radius 1 is 1.00 bits per heavy atom. The minimum absolute atomic E-state index is 0.120. The molecule has 0 atom stereocenters. The van der Waals surface area contributed by atoms with Gasteiger partial charge >= 0.3 is 5.97 Å². The van der Waals surface area contributed by atoms with Crippen LogP contribution in [-0.4, -0.2) is 71.3 Å². The average molecular weight is 577 g/mol. The highest BCUT2D eigenvalue weighted by molar-refractivity contribution is 5.82. The number of likely N-dealkylation sites (tertiary alicyclic amines) is 1. The van der Waals surface area contributed by atoms with Gasteiger partial charge in [-0.05, 0) is 90.2 Å². The van der Waals surface area contributed by atoms with Gasteiger partial charge in [-0.15, -0.1) is 0 Å². The number of rotatable bonds is 13. The molecule has 0 saturated carbocycles. The molecule has 1 aliphatic rings. The lowest BCUT2D eigenvalue weighted by molar-refractivity contribution is -0.152. The maximum Gasteiger partial charge on any atom is 0.316 e. The van der Waals surface area contributed by atoms with Crippen LogP contribution in [0.1, 0.15) is 77.3 Å². The van der Waals surface area contributed by atoms with Crippen LogP contribution in [-0.2, 0) is 37.4 Å². The van der Waals surface area contributed by atoms with E-state index in [0.717, 1.165) is 63.1 Å². The van der Waals surface area contributed by atoms with Crippen LogP contribution in [0.4, 0.5) is 0 Å². The SMILES string of the molecule is CCOCCn1c(C2CCN(CCc3ccc(C(C)(C)C(=O)OCC(C)(C)NC(C)=O)cc3)CC2)nc2ccccc21. The molecule has 8 nitrogen and oxygen atoms in total. The van der Waals surface area contributed by atoms with Gasteiger partial charge in [0.2, 0.25) is 5.91 Å². The first-order valence-corrected chi connectivity index (χ1v) is 15.3. The van der Waals surface area contributed by atoms with Gasteiger partial charge in [-0.2, -0.15) is 0 Å². The Balaban J connectivity index is 1.29. The number of nitrogens with one attached hydrogen (secondary N) is 1. The third-order valence-corrected chi connectivity index (χ3v) is 8.28. The second kappa shape index (κ2) is 13.8. The van der Waals surface area contributed by atoms with Crippen molar-refractivity contribution in [3.8, 4) is 0 Å². The fraction of sp³-hybridized carbons (Fsp3) is 0.559. The molecule has 2 aromatic carbocycles. The molecule has 1 aliphatic heterocycles. The van der Waals surface area contributed by atoms with Crippen LogP contribution in [0.5, 0.6) is 0 Å². The topological polar surface area (TPSA) is 85.7 Å². The van der Waals surface area contributed by atoms with E-state index in [2.05, 4.69) is 51.2 Å². The highest BCUT2D eigenvalue weighted by Gasteiger charge is 2.33. The van der Waals surface area contributed by atoms with Gasteiger partial charge in [0.05, 0.1) is 28.6 Å². The van der Waals surface area contributed by atoms with Crippen LogP contribution in [0, 0.1) is 0 Å². The first-order chi connectivity index (χ1) is 20.0. The number of esters is 1. The molecule has 8 heteroatoms. The number of hydrogen-bond acceptors (Lipinski definition) is 6. The Labute approximate surface area is 250 Å². The summed E-state index contributed by atoms with van der Waals surface area (Å²) < 4.78 is 13.6. The van der Waals surface area contributed by atoms with E-state index < -0.39 is 11.0 Å². The van der Waals surface area contributed by atoms with Crippen LogP contribution in [0.2, 0.25) is 0 Å². The van der Waals surface area contributed by atoms with Crippen LogP contribution < -0.4 is 5.32 Å². The van der Waals surface area contributed by atoms with Crippen molar-refractivity contribution in [2.24, 2.45) is 0 Å². The van der Waals surface area contributed by atoms with Gasteiger partial charge in [0, 0.05) is 32.5 Å². The second-order valence-electron chi connectivity index (χ2n) is 12.6. The van der Waals surface area contributed by atoms with Crippen molar-refractivity contribution >= 4 is 22.9 Å². The predicted octanol–water partition coefficient (Wildman–Crippen LogP) is 5.23. The molecule has 1 fully saturated rings. The number of amides is 1. The second-order valence-corrected chi connectivity index (χ2v) is 12.6. The van der Waals surface area contributed by atoms with E-state index in [9.17, 15) is 9.59 Å². The highest BCUT2D eigenvalue weighted by Crippen LogP contribution is 2.31. The summed E-state index contributed by atoms with van der Waals surface area (Å²) in [5, 5.41) is 2.81. The minimum atomic E-state index is -0.786. The van der Waals surface area contributed by atoms with Crippen LogP contribution in [0.15, 0.2) is 48.5 Å². The van der Waals surface area contributed by atoms with Crippen LogP contribution >= 0.6 is 0 Å². The summed E-state index contributed by atoms with van der Waals surface area (Å²) >= 11 is 0. The number of carbonyl (C=O) groups excluding carboxylic acids is 2. The zero-order valence-electron chi connectivity index (χ0n) is 26.2. The summed E-state index contributed by atoms with van der Waals surface area (Å²) in [6.45, 7) is 16.5. The van der Waals surface area contributed by atoms with E-state index in [0.29, 0.717) is 12.5 Å². The normalized spacial score (nSPS) is 15.2. The molecule has 0 unspecified atom stereocenters. The number of para-hydroxylation sites is 2. The fourth-order valence-corrected chi connectivity index (χ4v) is 5.79. The summed E-state index contributed by atoms with van der Waals surface area (Å²) in [5.41, 5.74) is 3.04. The Morgan fingerprint density at radius 2 is 1.69 bits per heavy atom. The molecule has 0 bridgehead atoms. The minimum Gasteiger partial charge on any atom is -0.463 e. The fourth-order valence-electron chi connectivity index (χ4n) is 5.79. The quantitative estimate of drug-likeness (QED) is 0.222. The van der Waals surface area contributed by atoms with E-state index >= 15 is 0 Å². The monoisotopic (exact) mass is 576 g/mol. The largest absolute Gasteiger partial charge is 0.463 e. The maximum atomic E-state index is 12.9. The molecule has 1 aromatic heterocycles. The Kier molecular flexibility index (Phi) is 10.4. The van der Waals surface area contributed by atoms with E-state index in [4.69, 9.17) is 14.5 Å². The predicted molar refractivity (Wildman–Crippen MR) is 167 cm³/mol. The molecule has 2 heterocycles. The first-order valence-electron chi connectivity index (χ1n) is 15.3. The smallest absolute Gasteiger partial charge is 0.316 e. The summed E-state index contributed by atoms with van der Waals surface area (Å²) in [4.78, 5) is 31.9. The van der Waals surface area contributed by atoms with Gasteiger partial charge in [0.1, 0.15) is 12.4 Å². The molecular weight excluding hydrogens is 528 g/mol. The van der Waals surface area contributed by atoms with Gasteiger partial charge in [-0.1, -0.05) is 36.4 Å². The molecular formula is C34H48N4O4. The maximum absolute atomic E-state index is 12.9. The lowest BCUT2D eigenvalue weighted by Crippen LogP contribution is -2.47. The van der Waals surface area contributed by atoms with Crippen LogP contribution in [0.25, 0.3) is 11.0 Å². The van der Waals surface area contributed by atoms with E-state index in [-0.39, 0.29) is 18.5 Å². The number of nitrogens with zero attached hydrogens (tertiary/aromatic N) is 3. The van der Waals surface area contributed by atoms with Crippen molar-refractivity contribution in [3.63, 3.8) is 0 Å². The summed E-state index contributed by atoms with van der Waals surface area (Å²) in [5.74, 6) is 1.21. The molecule has 0 radical (unpaired) electrons. The highest BCUT2D eigenvalue weighted by atomic mass is 16.5. The number of hydrogen-bond donors (Lipinski definition) is 1. The van der Waals surface area contributed by atoms with Crippen molar-refractivity contribution in [3.05, 3.63) is 65.5 Å². The Bertz CT molecular complexity index is 1340. The van der Waals surface area contributed by atoms with Gasteiger partial charge in [0.25, 0.3) is 0 Å². The number of fused-ring (bicyclic) bond motifs is 1. The molecule has 42 heavy (non-hydrogen) atoms. The summed E-state index contributed by atoms with van der Waals surface area (Å²) in [6, 6.07) is 16.7. The molecule has 0 spiro atoms. The van der Waals surface area contributed by atoms with Crippen LogP contribution in [0.3, 0.4) is 0 Å². The number of piperidine rings is 1. The van der Waals surface area contributed by atoms with E-state index in [1.807, 2.05) is 46.8 Å². The average Bonchev–Trinajstić information content (AvgIpc) is 3.33. The first kappa shape index (κ1) is 31.7. The number of ether oxygens (including phenoxy) is 2. The molecule has 1 saturated heterocycles. The van der Waals surface area contributed by atoms with Crippen molar-refractivity contribution < 1.29 is 19.1 Å². The van der Waals surface area contributed by atoms with Gasteiger partial charge < -0.3 is 24.3 Å². The number of imidazole rings is 1. The molecule has 0 aliphatic carbocycles. The lowest BCUT2D eigenvalue weighted by atomic mass is 9.84. The van der Waals surface area contributed by atoms with Gasteiger partial charge in [0.15, 0.2) is 0 Å². The van der Waals surface area contributed by atoms with Gasteiger partial charge in [-0.3, -0.25) is 9.59 Å². The molecule has 4 rings (SSSR count). The lowest BCUT2D eigenvalue weighted by Gasteiger charge is -2.32. The van der Waals surface area contributed by atoms with E-state index in [1.54, 1.807) is 0 Å². The number of aromatic nitrogens is 2. The zero-order valence-corrected chi connectivity index (χ0v) is 26.2. The van der Waals surface area contributed by atoms with Crippen molar-refractivity contribution in [2.45, 2.75) is 84.2 Å². The standard InChI is InChI=1S/C34H48N4O4/c1-7-41-23-22-38-30-11-9-8-10-29(30)35-31(38)27-17-20-37(21-18-27)19-16-26-12-14-28(15-13-26)34(5,6)32(40)42-24-33(3,4)36-25(2)39/h8-15,27H,7,16-24H2,1-6H3,(H,36,39). The third kappa shape index (κ3) is 7.98. The van der Waals surface area contributed by atoms with E-state index in [1.165, 1.54) is 23.8 Å². The number of carbonyl (C=O) groups is 2. The zero-order chi connectivity index (χ0) is 30.3.